The number of hydrogen-bond acceptors (Lipinski definition) is 4. The van der Waals surface area contributed by atoms with Gasteiger partial charge in [0.2, 0.25) is 11.8 Å². The summed E-state index contributed by atoms with van der Waals surface area (Å²) < 4.78 is 1.26. The summed E-state index contributed by atoms with van der Waals surface area (Å²) in [5, 5.41) is 6.00. The zero-order valence-electron chi connectivity index (χ0n) is 15.0. The van der Waals surface area contributed by atoms with Gasteiger partial charge >= 0.3 is 0 Å². The van der Waals surface area contributed by atoms with Crippen molar-refractivity contribution in [3.63, 3.8) is 0 Å². The summed E-state index contributed by atoms with van der Waals surface area (Å²) in [4.78, 5) is 40.8. The molecule has 0 radical (unpaired) electrons. The highest BCUT2D eigenvalue weighted by Gasteiger charge is 2.16. The second-order valence-electron chi connectivity index (χ2n) is 6.83. The number of benzene rings is 1. The van der Waals surface area contributed by atoms with Gasteiger partial charge in [0, 0.05) is 6.04 Å². The van der Waals surface area contributed by atoms with Crippen molar-refractivity contribution in [3.8, 4) is 0 Å². The van der Waals surface area contributed by atoms with Gasteiger partial charge in [0.05, 0.1) is 23.8 Å². The van der Waals surface area contributed by atoms with Crippen LogP contribution in [0.5, 0.6) is 0 Å². The van der Waals surface area contributed by atoms with Crippen molar-refractivity contribution in [3.05, 3.63) is 40.4 Å². The number of para-hydroxylation sites is 1. The lowest BCUT2D eigenvalue weighted by Gasteiger charge is -2.22. The Morgan fingerprint density at radius 1 is 1.19 bits per heavy atom. The molecule has 0 saturated heterocycles. The first kappa shape index (κ1) is 18.1. The van der Waals surface area contributed by atoms with Gasteiger partial charge in [-0.25, -0.2) is 4.98 Å². The third kappa shape index (κ3) is 4.28. The molecule has 0 bridgehead atoms. The summed E-state index contributed by atoms with van der Waals surface area (Å²) in [7, 11) is 0. The Balaban J connectivity index is 1.56. The quantitative estimate of drug-likeness (QED) is 0.844. The molecule has 2 aromatic rings. The average molecular weight is 356 g/mol. The number of nitrogens with zero attached hydrogens (tertiary/aromatic N) is 2. The van der Waals surface area contributed by atoms with E-state index >= 15 is 0 Å². The Kier molecular flexibility index (Phi) is 5.65. The summed E-state index contributed by atoms with van der Waals surface area (Å²) in [5.41, 5.74) is 1.29. The van der Waals surface area contributed by atoms with Crippen LogP contribution in [0.2, 0.25) is 0 Å². The number of aryl methyl sites for hydroxylation is 1. The molecule has 0 atom stereocenters. The van der Waals surface area contributed by atoms with Crippen LogP contribution in [0.4, 0.5) is 0 Å². The molecule has 1 aliphatic rings. The van der Waals surface area contributed by atoms with E-state index in [-0.39, 0.29) is 36.5 Å². The predicted molar refractivity (Wildman–Crippen MR) is 98.8 cm³/mol. The van der Waals surface area contributed by atoms with Gasteiger partial charge in [0.15, 0.2) is 0 Å². The molecule has 0 aliphatic heterocycles. The lowest BCUT2D eigenvalue weighted by Crippen LogP contribution is -2.43. The average Bonchev–Trinajstić information content (AvgIpc) is 2.64. The van der Waals surface area contributed by atoms with Crippen LogP contribution in [0.3, 0.4) is 0 Å². The van der Waals surface area contributed by atoms with Gasteiger partial charge in [0.25, 0.3) is 5.56 Å². The maximum Gasteiger partial charge on any atom is 0.261 e. The summed E-state index contributed by atoms with van der Waals surface area (Å²) in [6.45, 7) is 1.65. The number of hydrogen-bond donors (Lipinski definition) is 2. The molecule has 7 nitrogen and oxygen atoms in total. The van der Waals surface area contributed by atoms with E-state index in [4.69, 9.17) is 0 Å². The van der Waals surface area contributed by atoms with Crippen LogP contribution in [-0.4, -0.2) is 34.0 Å². The molecule has 138 valence electrons. The zero-order valence-corrected chi connectivity index (χ0v) is 15.0. The van der Waals surface area contributed by atoms with E-state index in [0.717, 1.165) is 31.2 Å². The standard InChI is InChI=1S/C19H24N4O3/c1-13-6-5-9-15-18(13)21-12-23(19(15)26)11-17(25)20-10-16(24)22-14-7-3-2-4-8-14/h5-6,9,12,14H,2-4,7-8,10-11H2,1H3,(H,20,25)(H,22,24). The Bertz CT molecular complexity index is 869. The highest BCUT2D eigenvalue weighted by molar-refractivity contribution is 5.85. The lowest BCUT2D eigenvalue weighted by atomic mass is 9.95. The summed E-state index contributed by atoms with van der Waals surface area (Å²) in [6, 6.07) is 5.59. The number of rotatable bonds is 5. The van der Waals surface area contributed by atoms with Crippen molar-refractivity contribution >= 4 is 22.7 Å². The van der Waals surface area contributed by atoms with Crippen molar-refractivity contribution in [1.82, 2.24) is 20.2 Å². The SMILES string of the molecule is Cc1cccc2c(=O)n(CC(=O)NCC(=O)NC3CCCCC3)cnc12. The monoisotopic (exact) mass is 356 g/mol. The highest BCUT2D eigenvalue weighted by atomic mass is 16.2. The molecule has 1 fully saturated rings. The fourth-order valence-corrected chi connectivity index (χ4v) is 3.37. The van der Waals surface area contributed by atoms with Gasteiger partial charge in [-0.15, -0.1) is 0 Å². The summed E-state index contributed by atoms with van der Waals surface area (Å²) in [5.74, 6) is -0.579. The van der Waals surface area contributed by atoms with Crippen LogP contribution in [0.1, 0.15) is 37.7 Å². The van der Waals surface area contributed by atoms with Crippen LogP contribution in [-0.2, 0) is 16.1 Å². The first-order valence-electron chi connectivity index (χ1n) is 9.05. The first-order valence-corrected chi connectivity index (χ1v) is 9.05. The van der Waals surface area contributed by atoms with E-state index in [1.54, 1.807) is 12.1 Å². The zero-order chi connectivity index (χ0) is 18.5. The molecule has 2 N–H and O–H groups in total. The van der Waals surface area contributed by atoms with Gasteiger partial charge in [-0.05, 0) is 31.4 Å². The smallest absolute Gasteiger partial charge is 0.261 e. The molecule has 7 heteroatoms. The van der Waals surface area contributed by atoms with Crippen molar-refractivity contribution < 1.29 is 9.59 Å². The number of carbonyl (C=O) groups is 2. The minimum atomic E-state index is -0.389. The Morgan fingerprint density at radius 2 is 1.96 bits per heavy atom. The molecule has 2 amide bonds. The van der Waals surface area contributed by atoms with Crippen LogP contribution in [0.25, 0.3) is 10.9 Å². The van der Waals surface area contributed by atoms with Crippen molar-refractivity contribution in [1.29, 1.82) is 0 Å². The molecule has 3 rings (SSSR count). The molecular weight excluding hydrogens is 332 g/mol. The molecule has 1 heterocycles. The molecule has 26 heavy (non-hydrogen) atoms. The molecule has 1 aliphatic carbocycles. The van der Waals surface area contributed by atoms with Crippen molar-refractivity contribution in [2.75, 3.05) is 6.54 Å². The minimum Gasteiger partial charge on any atom is -0.352 e. The summed E-state index contributed by atoms with van der Waals surface area (Å²) in [6.07, 6.45) is 6.86. The maximum atomic E-state index is 12.5. The Labute approximate surface area is 151 Å². The van der Waals surface area contributed by atoms with Crippen LogP contribution < -0.4 is 16.2 Å². The van der Waals surface area contributed by atoms with Gasteiger partial charge < -0.3 is 10.6 Å². The van der Waals surface area contributed by atoms with E-state index in [9.17, 15) is 14.4 Å². The molecule has 1 aromatic carbocycles. The van der Waals surface area contributed by atoms with E-state index in [1.807, 2.05) is 13.0 Å². The van der Waals surface area contributed by atoms with Crippen LogP contribution in [0, 0.1) is 6.92 Å². The van der Waals surface area contributed by atoms with E-state index < -0.39 is 0 Å². The van der Waals surface area contributed by atoms with Gasteiger partial charge in [-0.1, -0.05) is 31.4 Å². The maximum absolute atomic E-state index is 12.5. The second kappa shape index (κ2) is 8.12. The second-order valence-corrected chi connectivity index (χ2v) is 6.83. The number of nitrogens with one attached hydrogen (secondary N) is 2. The molecule has 1 saturated carbocycles. The third-order valence-corrected chi connectivity index (χ3v) is 4.79. The Hall–Kier alpha value is -2.70. The fraction of sp³-hybridized carbons (Fsp3) is 0.474. The van der Waals surface area contributed by atoms with Crippen LogP contribution >= 0.6 is 0 Å². The van der Waals surface area contributed by atoms with Crippen LogP contribution in [0.15, 0.2) is 29.3 Å². The van der Waals surface area contributed by atoms with Crippen molar-refractivity contribution in [2.24, 2.45) is 0 Å². The minimum absolute atomic E-state index is 0.0792. The van der Waals surface area contributed by atoms with Gasteiger partial charge in [0.1, 0.15) is 6.54 Å². The first-order chi connectivity index (χ1) is 12.5. The molecule has 1 aromatic heterocycles. The Morgan fingerprint density at radius 3 is 2.73 bits per heavy atom. The number of aromatic nitrogens is 2. The van der Waals surface area contributed by atoms with E-state index in [1.165, 1.54) is 17.3 Å². The van der Waals surface area contributed by atoms with Gasteiger partial charge in [-0.2, -0.15) is 0 Å². The molecule has 0 spiro atoms. The number of amides is 2. The fourth-order valence-electron chi connectivity index (χ4n) is 3.37. The predicted octanol–water partition coefficient (Wildman–Crippen LogP) is 1.27. The number of fused-ring (bicyclic) bond motifs is 1. The van der Waals surface area contributed by atoms with E-state index in [2.05, 4.69) is 15.6 Å². The molecular formula is C19H24N4O3. The highest BCUT2D eigenvalue weighted by Crippen LogP contribution is 2.17. The summed E-state index contributed by atoms with van der Waals surface area (Å²) >= 11 is 0. The largest absolute Gasteiger partial charge is 0.352 e. The lowest BCUT2D eigenvalue weighted by molar-refractivity contribution is -0.126. The third-order valence-electron chi connectivity index (χ3n) is 4.79. The van der Waals surface area contributed by atoms with Gasteiger partial charge in [-0.3, -0.25) is 19.0 Å². The normalized spacial score (nSPS) is 15.0. The van der Waals surface area contributed by atoms with E-state index in [0.29, 0.717) is 10.9 Å². The number of carbonyl (C=O) groups excluding carboxylic acids is 2. The van der Waals surface area contributed by atoms with Crippen molar-refractivity contribution in [2.45, 2.75) is 51.6 Å². The molecule has 0 unspecified atom stereocenters. The topological polar surface area (TPSA) is 93.1 Å².